The summed E-state index contributed by atoms with van der Waals surface area (Å²) in [5.74, 6) is 0.777. The summed E-state index contributed by atoms with van der Waals surface area (Å²) in [6.45, 7) is 4.14. The van der Waals surface area contributed by atoms with Gasteiger partial charge < -0.3 is 9.88 Å². The number of nitrogens with one attached hydrogen (secondary N) is 1. The minimum atomic E-state index is -0.160. The third kappa shape index (κ3) is 3.37. The second kappa shape index (κ2) is 6.42. The minimum Gasteiger partial charge on any atom is -0.347 e. The van der Waals surface area contributed by atoms with Crippen molar-refractivity contribution in [2.75, 3.05) is 0 Å². The van der Waals surface area contributed by atoms with E-state index < -0.39 is 0 Å². The van der Waals surface area contributed by atoms with Crippen molar-refractivity contribution in [3.8, 4) is 0 Å². The number of hydrogen-bond donors (Lipinski definition) is 1. The second-order valence-electron chi connectivity index (χ2n) is 5.59. The van der Waals surface area contributed by atoms with Gasteiger partial charge >= 0.3 is 0 Å². The standard InChI is InChI=1S/C18H18ClN3O/c1-12(20-13(2)23)18-21-16-5-3-4-6-17(16)22(18)11-14-7-9-15(19)10-8-14/h3-10,12H,11H2,1-2H3,(H,20,23)/t12-/m1/s1. The molecule has 23 heavy (non-hydrogen) atoms. The molecule has 1 atom stereocenters. The maximum Gasteiger partial charge on any atom is 0.217 e. The molecule has 3 rings (SSSR count). The highest BCUT2D eigenvalue weighted by molar-refractivity contribution is 6.30. The molecule has 1 N–H and O–H groups in total. The summed E-state index contributed by atoms with van der Waals surface area (Å²) in [7, 11) is 0. The van der Waals surface area contributed by atoms with Gasteiger partial charge in [-0.05, 0) is 36.8 Å². The first-order valence-electron chi connectivity index (χ1n) is 7.51. The zero-order chi connectivity index (χ0) is 16.4. The van der Waals surface area contributed by atoms with Crippen LogP contribution in [0.5, 0.6) is 0 Å². The van der Waals surface area contributed by atoms with E-state index in [1.807, 2.05) is 55.5 Å². The average Bonchev–Trinajstić information content (AvgIpc) is 2.88. The predicted molar refractivity (Wildman–Crippen MR) is 92.5 cm³/mol. The molecule has 0 saturated heterocycles. The topological polar surface area (TPSA) is 46.9 Å². The summed E-state index contributed by atoms with van der Waals surface area (Å²) in [6, 6.07) is 15.6. The lowest BCUT2D eigenvalue weighted by molar-refractivity contribution is -0.119. The van der Waals surface area contributed by atoms with E-state index in [4.69, 9.17) is 16.6 Å². The minimum absolute atomic E-state index is 0.0670. The van der Waals surface area contributed by atoms with E-state index in [-0.39, 0.29) is 11.9 Å². The van der Waals surface area contributed by atoms with E-state index in [1.54, 1.807) is 0 Å². The average molecular weight is 328 g/mol. The third-order valence-corrected chi connectivity index (χ3v) is 4.00. The van der Waals surface area contributed by atoms with Crippen molar-refractivity contribution in [1.82, 2.24) is 14.9 Å². The summed E-state index contributed by atoms with van der Waals surface area (Å²) in [6.07, 6.45) is 0. The van der Waals surface area contributed by atoms with Crippen molar-refractivity contribution in [1.29, 1.82) is 0 Å². The molecule has 5 heteroatoms. The SMILES string of the molecule is CC(=O)N[C@H](C)c1nc2ccccc2n1Cc1ccc(Cl)cc1. The van der Waals surface area contributed by atoms with Crippen molar-refractivity contribution < 1.29 is 4.79 Å². The molecule has 0 aliphatic heterocycles. The van der Waals surface area contributed by atoms with Crippen LogP contribution in [0.25, 0.3) is 11.0 Å². The normalized spacial score (nSPS) is 12.3. The molecule has 3 aromatic rings. The Hall–Kier alpha value is -2.33. The van der Waals surface area contributed by atoms with Gasteiger partial charge in [-0.1, -0.05) is 35.9 Å². The van der Waals surface area contributed by atoms with Crippen LogP contribution < -0.4 is 5.32 Å². The van der Waals surface area contributed by atoms with E-state index in [9.17, 15) is 4.79 Å². The number of hydrogen-bond acceptors (Lipinski definition) is 2. The molecule has 0 fully saturated rings. The predicted octanol–water partition coefficient (Wildman–Crippen LogP) is 3.94. The van der Waals surface area contributed by atoms with Gasteiger partial charge in [-0.15, -0.1) is 0 Å². The van der Waals surface area contributed by atoms with Crippen LogP contribution in [0.1, 0.15) is 31.3 Å². The number of halogens is 1. The van der Waals surface area contributed by atoms with Gasteiger partial charge in [0, 0.05) is 18.5 Å². The van der Waals surface area contributed by atoms with Gasteiger partial charge in [0.2, 0.25) is 5.91 Å². The highest BCUT2D eigenvalue weighted by atomic mass is 35.5. The van der Waals surface area contributed by atoms with Gasteiger partial charge in [-0.25, -0.2) is 4.98 Å². The van der Waals surface area contributed by atoms with Crippen molar-refractivity contribution in [2.45, 2.75) is 26.4 Å². The van der Waals surface area contributed by atoms with E-state index >= 15 is 0 Å². The Morgan fingerprint density at radius 2 is 1.91 bits per heavy atom. The summed E-state index contributed by atoms with van der Waals surface area (Å²) < 4.78 is 2.14. The van der Waals surface area contributed by atoms with Crippen LogP contribution in [0.2, 0.25) is 5.02 Å². The Morgan fingerprint density at radius 3 is 2.61 bits per heavy atom. The number of rotatable bonds is 4. The van der Waals surface area contributed by atoms with Crippen LogP contribution in [-0.4, -0.2) is 15.5 Å². The van der Waals surface area contributed by atoms with Crippen molar-refractivity contribution in [2.24, 2.45) is 0 Å². The quantitative estimate of drug-likeness (QED) is 0.789. The molecule has 118 valence electrons. The fraction of sp³-hybridized carbons (Fsp3) is 0.222. The zero-order valence-electron chi connectivity index (χ0n) is 13.1. The van der Waals surface area contributed by atoms with Crippen LogP contribution >= 0.6 is 11.6 Å². The molecule has 0 bridgehead atoms. The monoisotopic (exact) mass is 327 g/mol. The van der Waals surface area contributed by atoms with Gasteiger partial charge in [0.1, 0.15) is 5.82 Å². The zero-order valence-corrected chi connectivity index (χ0v) is 13.8. The molecule has 1 aromatic heterocycles. The molecular formula is C18H18ClN3O. The van der Waals surface area contributed by atoms with Crippen LogP contribution in [-0.2, 0) is 11.3 Å². The number of para-hydroxylation sites is 2. The van der Waals surface area contributed by atoms with Crippen molar-refractivity contribution in [3.05, 3.63) is 64.9 Å². The molecule has 2 aromatic carbocycles. The summed E-state index contributed by atoms with van der Waals surface area (Å²) in [4.78, 5) is 16.1. The number of imidazole rings is 1. The first-order chi connectivity index (χ1) is 11.0. The Bertz CT molecular complexity index is 839. The van der Waals surface area contributed by atoms with Gasteiger partial charge in [0.15, 0.2) is 0 Å². The fourth-order valence-corrected chi connectivity index (χ4v) is 2.86. The van der Waals surface area contributed by atoms with Crippen LogP contribution in [0, 0.1) is 0 Å². The smallest absolute Gasteiger partial charge is 0.217 e. The lowest BCUT2D eigenvalue weighted by atomic mass is 10.2. The molecule has 0 radical (unpaired) electrons. The lowest BCUT2D eigenvalue weighted by Crippen LogP contribution is -2.26. The van der Waals surface area contributed by atoms with E-state index in [2.05, 4.69) is 9.88 Å². The molecule has 1 heterocycles. The van der Waals surface area contributed by atoms with E-state index in [1.165, 1.54) is 6.92 Å². The van der Waals surface area contributed by atoms with E-state index in [0.29, 0.717) is 6.54 Å². The summed E-state index contributed by atoms with van der Waals surface area (Å²) in [5, 5.41) is 3.63. The fourth-order valence-electron chi connectivity index (χ4n) is 2.73. The first kappa shape index (κ1) is 15.6. The number of nitrogens with zero attached hydrogens (tertiary/aromatic N) is 2. The molecule has 0 spiro atoms. The maximum atomic E-state index is 11.4. The number of carbonyl (C=O) groups excluding carboxylic acids is 1. The number of benzene rings is 2. The number of carbonyl (C=O) groups is 1. The second-order valence-corrected chi connectivity index (χ2v) is 6.03. The van der Waals surface area contributed by atoms with Crippen LogP contribution in [0.4, 0.5) is 0 Å². The first-order valence-corrected chi connectivity index (χ1v) is 7.89. The van der Waals surface area contributed by atoms with E-state index in [0.717, 1.165) is 27.4 Å². The number of amides is 1. The van der Waals surface area contributed by atoms with Gasteiger partial charge in [0.25, 0.3) is 0 Å². The van der Waals surface area contributed by atoms with Crippen molar-refractivity contribution >= 4 is 28.5 Å². The molecule has 4 nitrogen and oxygen atoms in total. The van der Waals surface area contributed by atoms with Gasteiger partial charge in [0.05, 0.1) is 17.1 Å². The maximum absolute atomic E-state index is 11.4. The molecule has 0 aliphatic rings. The molecular weight excluding hydrogens is 310 g/mol. The van der Waals surface area contributed by atoms with Crippen molar-refractivity contribution in [3.63, 3.8) is 0 Å². The summed E-state index contributed by atoms with van der Waals surface area (Å²) in [5.41, 5.74) is 3.11. The largest absolute Gasteiger partial charge is 0.347 e. The highest BCUT2D eigenvalue weighted by Crippen LogP contribution is 2.22. The van der Waals surface area contributed by atoms with Crippen LogP contribution in [0.3, 0.4) is 0 Å². The van der Waals surface area contributed by atoms with Gasteiger partial charge in [-0.2, -0.15) is 0 Å². The third-order valence-electron chi connectivity index (χ3n) is 3.75. The Balaban J connectivity index is 2.05. The Labute approximate surface area is 140 Å². The number of fused-ring (bicyclic) bond motifs is 1. The number of aromatic nitrogens is 2. The highest BCUT2D eigenvalue weighted by Gasteiger charge is 2.17. The molecule has 0 saturated carbocycles. The molecule has 0 unspecified atom stereocenters. The molecule has 1 amide bonds. The molecule has 0 aliphatic carbocycles. The summed E-state index contributed by atoms with van der Waals surface area (Å²) >= 11 is 5.96. The van der Waals surface area contributed by atoms with Crippen LogP contribution in [0.15, 0.2) is 48.5 Å². The Morgan fingerprint density at radius 1 is 1.22 bits per heavy atom. The lowest BCUT2D eigenvalue weighted by Gasteiger charge is -2.15. The Kier molecular flexibility index (Phi) is 4.35. The van der Waals surface area contributed by atoms with Gasteiger partial charge in [-0.3, -0.25) is 4.79 Å².